The highest BCUT2D eigenvalue weighted by Crippen LogP contribution is 2.15. The van der Waals surface area contributed by atoms with Crippen molar-refractivity contribution in [2.24, 2.45) is 0 Å². The van der Waals surface area contributed by atoms with Crippen molar-refractivity contribution in [3.63, 3.8) is 0 Å². The summed E-state index contributed by atoms with van der Waals surface area (Å²) in [5, 5.41) is 0. The molecule has 0 amide bonds. The van der Waals surface area contributed by atoms with Crippen LogP contribution in [0, 0.1) is 5.82 Å². The number of hydrogen-bond acceptors (Lipinski definition) is 4. The van der Waals surface area contributed by atoms with E-state index in [0.29, 0.717) is 0 Å². The summed E-state index contributed by atoms with van der Waals surface area (Å²) in [7, 11) is -2.61. The van der Waals surface area contributed by atoms with Crippen molar-refractivity contribution in [3.05, 3.63) is 30.1 Å². The zero-order chi connectivity index (χ0) is 12.2. The third-order valence-electron chi connectivity index (χ3n) is 1.97. The zero-order valence-corrected chi connectivity index (χ0v) is 9.46. The normalized spacial score (nSPS) is 11.1. The number of sulfone groups is 1. The number of carbonyl (C=O) groups is 1. The number of ether oxygens (including phenoxy) is 1. The van der Waals surface area contributed by atoms with E-state index in [1.807, 2.05) is 0 Å². The molecule has 0 aromatic heterocycles. The molecule has 0 saturated carbocycles. The summed E-state index contributed by atoms with van der Waals surface area (Å²) in [6.07, 6.45) is -0.285. The lowest BCUT2D eigenvalue weighted by Gasteiger charge is -2.04. The molecule has 0 heterocycles. The summed E-state index contributed by atoms with van der Waals surface area (Å²) >= 11 is 0. The minimum atomic E-state index is -3.77. The van der Waals surface area contributed by atoms with Gasteiger partial charge in [0.05, 0.1) is 19.3 Å². The van der Waals surface area contributed by atoms with Gasteiger partial charge >= 0.3 is 5.97 Å². The molecule has 1 rings (SSSR count). The summed E-state index contributed by atoms with van der Waals surface area (Å²) in [6.45, 7) is 0. The number of hydrogen-bond donors (Lipinski definition) is 0. The molecule has 0 aliphatic rings. The Hall–Kier alpha value is -1.43. The van der Waals surface area contributed by atoms with Gasteiger partial charge in [-0.2, -0.15) is 0 Å². The first-order chi connectivity index (χ1) is 7.47. The molecular weight excluding hydrogens is 235 g/mol. The van der Waals surface area contributed by atoms with Crippen molar-refractivity contribution >= 4 is 15.8 Å². The SMILES string of the molecule is COC(=O)CCS(=O)(=O)c1ccccc1F. The van der Waals surface area contributed by atoms with E-state index in [9.17, 15) is 17.6 Å². The zero-order valence-electron chi connectivity index (χ0n) is 8.64. The molecule has 0 fully saturated rings. The van der Waals surface area contributed by atoms with Gasteiger partial charge in [-0.25, -0.2) is 12.8 Å². The van der Waals surface area contributed by atoms with Gasteiger partial charge in [-0.15, -0.1) is 0 Å². The Balaban J connectivity index is 2.87. The maximum atomic E-state index is 13.2. The Morgan fingerprint density at radius 2 is 2.00 bits per heavy atom. The van der Waals surface area contributed by atoms with Crippen LogP contribution in [0.5, 0.6) is 0 Å². The molecule has 0 radical (unpaired) electrons. The molecule has 0 atom stereocenters. The van der Waals surface area contributed by atoms with Crippen LogP contribution in [0.3, 0.4) is 0 Å². The van der Waals surface area contributed by atoms with Crippen molar-refractivity contribution in [3.8, 4) is 0 Å². The minimum Gasteiger partial charge on any atom is -0.469 e. The van der Waals surface area contributed by atoms with Gasteiger partial charge in [-0.1, -0.05) is 12.1 Å². The number of halogens is 1. The van der Waals surface area contributed by atoms with Crippen LogP contribution >= 0.6 is 0 Å². The first-order valence-corrected chi connectivity index (χ1v) is 6.16. The highest BCUT2D eigenvalue weighted by Gasteiger charge is 2.19. The Bertz CT molecular complexity index is 481. The first kappa shape index (κ1) is 12.6. The fourth-order valence-electron chi connectivity index (χ4n) is 1.13. The molecule has 0 bridgehead atoms. The van der Waals surface area contributed by atoms with Gasteiger partial charge in [0.25, 0.3) is 0 Å². The molecular formula is C10H11FO4S. The topological polar surface area (TPSA) is 60.4 Å². The minimum absolute atomic E-state index is 0.285. The van der Waals surface area contributed by atoms with E-state index in [-0.39, 0.29) is 11.3 Å². The van der Waals surface area contributed by atoms with Crippen molar-refractivity contribution in [2.75, 3.05) is 12.9 Å². The van der Waals surface area contributed by atoms with Crippen molar-refractivity contribution < 1.29 is 22.3 Å². The van der Waals surface area contributed by atoms with Crippen molar-refractivity contribution in [1.82, 2.24) is 0 Å². The second kappa shape index (κ2) is 5.07. The Morgan fingerprint density at radius 1 is 1.38 bits per heavy atom. The average Bonchev–Trinajstić information content (AvgIpc) is 2.26. The fraction of sp³-hybridized carbons (Fsp3) is 0.300. The van der Waals surface area contributed by atoms with E-state index in [1.54, 1.807) is 0 Å². The molecule has 0 spiro atoms. The monoisotopic (exact) mass is 246 g/mol. The van der Waals surface area contributed by atoms with Crippen LogP contribution in [0.15, 0.2) is 29.2 Å². The largest absolute Gasteiger partial charge is 0.469 e. The van der Waals surface area contributed by atoms with Crippen LogP contribution in [0.2, 0.25) is 0 Å². The van der Waals surface area contributed by atoms with Gasteiger partial charge in [0.15, 0.2) is 9.84 Å². The molecule has 0 aliphatic heterocycles. The lowest BCUT2D eigenvalue weighted by molar-refractivity contribution is -0.140. The van der Waals surface area contributed by atoms with Gasteiger partial charge in [-0.05, 0) is 12.1 Å². The average molecular weight is 246 g/mol. The number of rotatable bonds is 4. The highest BCUT2D eigenvalue weighted by molar-refractivity contribution is 7.91. The number of benzene rings is 1. The smallest absolute Gasteiger partial charge is 0.306 e. The second-order valence-electron chi connectivity index (χ2n) is 3.08. The molecule has 0 saturated heterocycles. The standard InChI is InChI=1S/C10H11FO4S/c1-15-10(12)6-7-16(13,14)9-5-3-2-4-8(9)11/h2-5H,6-7H2,1H3. The maximum absolute atomic E-state index is 13.2. The third-order valence-corrected chi connectivity index (χ3v) is 3.72. The molecule has 1 aromatic rings. The number of carbonyl (C=O) groups excluding carboxylic acids is 1. The summed E-state index contributed by atoms with van der Waals surface area (Å²) in [6, 6.07) is 5.05. The van der Waals surface area contributed by atoms with E-state index in [0.717, 1.165) is 13.2 Å². The predicted molar refractivity (Wildman–Crippen MR) is 55.1 cm³/mol. The Kier molecular flexibility index (Phi) is 4.00. The van der Waals surface area contributed by atoms with Crippen LogP contribution < -0.4 is 0 Å². The lowest BCUT2D eigenvalue weighted by Crippen LogP contribution is -2.13. The van der Waals surface area contributed by atoms with Crippen LogP contribution in [-0.4, -0.2) is 27.2 Å². The predicted octanol–water partition coefficient (Wildman–Crippen LogP) is 1.16. The van der Waals surface area contributed by atoms with E-state index in [2.05, 4.69) is 4.74 Å². The van der Waals surface area contributed by atoms with Crippen LogP contribution in [-0.2, 0) is 19.4 Å². The molecule has 1 aromatic carbocycles. The molecule has 88 valence electrons. The summed E-state index contributed by atoms with van der Waals surface area (Å²) < 4.78 is 40.8. The molecule has 0 N–H and O–H groups in total. The van der Waals surface area contributed by atoms with Gasteiger partial charge < -0.3 is 4.74 Å². The summed E-state index contributed by atoms with van der Waals surface area (Å²) in [4.78, 5) is 10.4. The van der Waals surface area contributed by atoms with E-state index in [1.165, 1.54) is 18.2 Å². The van der Waals surface area contributed by atoms with Crippen LogP contribution in [0.25, 0.3) is 0 Å². The number of esters is 1. The van der Waals surface area contributed by atoms with Gasteiger partial charge in [0.2, 0.25) is 0 Å². The molecule has 16 heavy (non-hydrogen) atoms. The third kappa shape index (κ3) is 3.03. The fourth-order valence-corrected chi connectivity index (χ4v) is 2.43. The first-order valence-electron chi connectivity index (χ1n) is 4.51. The molecule has 6 heteroatoms. The molecule has 0 unspecified atom stereocenters. The van der Waals surface area contributed by atoms with Gasteiger partial charge in [0.1, 0.15) is 10.7 Å². The number of methoxy groups -OCH3 is 1. The van der Waals surface area contributed by atoms with Gasteiger partial charge in [-0.3, -0.25) is 4.79 Å². The van der Waals surface area contributed by atoms with E-state index >= 15 is 0 Å². The summed E-state index contributed by atoms with van der Waals surface area (Å²) in [5.74, 6) is -1.91. The van der Waals surface area contributed by atoms with Crippen molar-refractivity contribution in [1.29, 1.82) is 0 Å². The van der Waals surface area contributed by atoms with Crippen LogP contribution in [0.4, 0.5) is 4.39 Å². The Labute approximate surface area is 93.0 Å². The summed E-state index contributed by atoms with van der Waals surface area (Å²) in [5.41, 5.74) is 0. The highest BCUT2D eigenvalue weighted by atomic mass is 32.2. The quantitative estimate of drug-likeness (QED) is 0.748. The second-order valence-corrected chi connectivity index (χ2v) is 5.15. The van der Waals surface area contributed by atoms with Crippen LogP contribution in [0.1, 0.15) is 6.42 Å². The Morgan fingerprint density at radius 3 is 2.56 bits per heavy atom. The van der Waals surface area contributed by atoms with Gasteiger partial charge in [0, 0.05) is 0 Å². The lowest BCUT2D eigenvalue weighted by atomic mass is 10.3. The van der Waals surface area contributed by atoms with Crippen molar-refractivity contribution in [2.45, 2.75) is 11.3 Å². The van der Waals surface area contributed by atoms with E-state index < -0.39 is 27.4 Å². The maximum Gasteiger partial charge on any atom is 0.306 e. The van der Waals surface area contributed by atoms with E-state index in [4.69, 9.17) is 0 Å². The molecule has 4 nitrogen and oxygen atoms in total. The molecule has 0 aliphatic carbocycles.